The monoisotopic (exact) mass is 270 g/mol. The standard InChI is InChI=1S/C16H30O3/c17-12-8-11-16(18-13-14-19-16)15-9-6-4-2-1-3-5-7-10-15/h15,17H,1-14H2. The van der Waals surface area contributed by atoms with Gasteiger partial charge in [-0.1, -0.05) is 44.9 Å². The molecule has 1 N–H and O–H groups in total. The molecule has 19 heavy (non-hydrogen) atoms. The van der Waals surface area contributed by atoms with Crippen molar-refractivity contribution in [2.24, 2.45) is 5.92 Å². The maximum Gasteiger partial charge on any atom is 0.171 e. The van der Waals surface area contributed by atoms with Crippen LogP contribution in [-0.4, -0.2) is 30.7 Å². The second-order valence-corrected chi connectivity index (χ2v) is 6.09. The van der Waals surface area contributed by atoms with Gasteiger partial charge < -0.3 is 14.6 Å². The van der Waals surface area contributed by atoms with Gasteiger partial charge in [-0.05, 0) is 19.3 Å². The third-order valence-electron chi connectivity index (χ3n) is 4.69. The topological polar surface area (TPSA) is 38.7 Å². The van der Waals surface area contributed by atoms with Gasteiger partial charge in [0.05, 0.1) is 13.2 Å². The van der Waals surface area contributed by atoms with Crippen LogP contribution in [0.25, 0.3) is 0 Å². The van der Waals surface area contributed by atoms with Crippen molar-refractivity contribution in [2.75, 3.05) is 19.8 Å². The van der Waals surface area contributed by atoms with E-state index in [4.69, 9.17) is 14.6 Å². The summed E-state index contributed by atoms with van der Waals surface area (Å²) in [5.74, 6) is 0.154. The maximum atomic E-state index is 9.11. The Hall–Kier alpha value is -0.120. The molecule has 2 rings (SSSR count). The van der Waals surface area contributed by atoms with Gasteiger partial charge in [0.25, 0.3) is 0 Å². The van der Waals surface area contributed by atoms with Crippen molar-refractivity contribution in [3.63, 3.8) is 0 Å². The lowest BCUT2D eigenvalue weighted by molar-refractivity contribution is -0.205. The van der Waals surface area contributed by atoms with Gasteiger partial charge in [0.15, 0.2) is 5.79 Å². The molecule has 0 radical (unpaired) electrons. The zero-order valence-corrected chi connectivity index (χ0v) is 12.2. The molecule has 2 aliphatic rings. The summed E-state index contributed by atoms with van der Waals surface area (Å²) >= 11 is 0. The van der Waals surface area contributed by atoms with E-state index in [0.717, 1.165) is 26.1 Å². The Morgan fingerprint density at radius 1 is 0.842 bits per heavy atom. The van der Waals surface area contributed by atoms with Gasteiger partial charge in [0, 0.05) is 18.9 Å². The van der Waals surface area contributed by atoms with Crippen LogP contribution in [0.2, 0.25) is 0 Å². The first kappa shape index (κ1) is 15.3. The van der Waals surface area contributed by atoms with Crippen LogP contribution < -0.4 is 0 Å². The molecule has 0 amide bonds. The second-order valence-electron chi connectivity index (χ2n) is 6.09. The van der Waals surface area contributed by atoms with Gasteiger partial charge >= 0.3 is 0 Å². The molecule has 1 saturated carbocycles. The Morgan fingerprint density at radius 2 is 1.37 bits per heavy atom. The molecule has 0 aromatic heterocycles. The summed E-state index contributed by atoms with van der Waals surface area (Å²) in [6.45, 7) is 1.69. The molecule has 1 saturated heterocycles. The summed E-state index contributed by atoms with van der Waals surface area (Å²) in [7, 11) is 0. The Labute approximate surface area is 117 Å². The minimum Gasteiger partial charge on any atom is -0.396 e. The molecule has 0 bridgehead atoms. The van der Waals surface area contributed by atoms with E-state index in [1.54, 1.807) is 0 Å². The summed E-state index contributed by atoms with van der Waals surface area (Å²) in [5, 5.41) is 9.11. The van der Waals surface area contributed by atoms with Crippen molar-refractivity contribution < 1.29 is 14.6 Å². The van der Waals surface area contributed by atoms with Crippen LogP contribution in [0.5, 0.6) is 0 Å². The second kappa shape index (κ2) is 8.23. The molecule has 0 unspecified atom stereocenters. The van der Waals surface area contributed by atoms with Crippen LogP contribution in [0.1, 0.15) is 70.6 Å². The van der Waals surface area contributed by atoms with E-state index in [1.165, 1.54) is 57.8 Å². The number of hydrogen-bond acceptors (Lipinski definition) is 3. The fourth-order valence-electron chi connectivity index (χ4n) is 3.63. The highest BCUT2D eigenvalue weighted by Crippen LogP contribution is 2.39. The van der Waals surface area contributed by atoms with E-state index in [9.17, 15) is 0 Å². The Balaban J connectivity index is 1.95. The Bertz CT molecular complexity index is 226. The number of aliphatic hydroxyl groups is 1. The van der Waals surface area contributed by atoms with E-state index >= 15 is 0 Å². The summed E-state index contributed by atoms with van der Waals surface area (Å²) in [6, 6.07) is 0. The molecule has 1 aliphatic carbocycles. The van der Waals surface area contributed by atoms with Crippen LogP contribution in [0.4, 0.5) is 0 Å². The molecule has 0 aromatic rings. The molecule has 1 aliphatic heterocycles. The number of ether oxygens (including phenoxy) is 2. The third kappa shape index (κ3) is 4.44. The normalized spacial score (nSPS) is 26.4. The minimum absolute atomic E-state index is 0.237. The molecular formula is C16H30O3. The molecule has 1 heterocycles. The van der Waals surface area contributed by atoms with Gasteiger partial charge in [-0.25, -0.2) is 0 Å². The molecule has 112 valence electrons. The summed E-state index contributed by atoms with van der Waals surface area (Å²) < 4.78 is 12.0. The highest BCUT2D eigenvalue weighted by atomic mass is 16.7. The van der Waals surface area contributed by atoms with Crippen molar-refractivity contribution in [3.05, 3.63) is 0 Å². The van der Waals surface area contributed by atoms with E-state index in [-0.39, 0.29) is 12.4 Å². The summed E-state index contributed by atoms with van der Waals surface area (Å²) in [6.07, 6.45) is 13.6. The molecule has 2 fully saturated rings. The Morgan fingerprint density at radius 3 is 1.89 bits per heavy atom. The zero-order valence-electron chi connectivity index (χ0n) is 12.2. The zero-order chi connectivity index (χ0) is 13.4. The molecule has 0 spiro atoms. The van der Waals surface area contributed by atoms with Gasteiger partial charge in [0.2, 0.25) is 0 Å². The van der Waals surface area contributed by atoms with Gasteiger partial charge in [-0.3, -0.25) is 0 Å². The van der Waals surface area contributed by atoms with Crippen molar-refractivity contribution in [1.82, 2.24) is 0 Å². The SMILES string of the molecule is OCCCC1(C2CCCCCCCCC2)OCCO1. The van der Waals surface area contributed by atoms with E-state index < -0.39 is 0 Å². The lowest BCUT2D eigenvalue weighted by atomic mass is 9.84. The molecule has 0 atom stereocenters. The summed E-state index contributed by atoms with van der Waals surface area (Å²) in [4.78, 5) is 0. The number of rotatable bonds is 4. The molecule has 0 aromatic carbocycles. The molecule has 3 heteroatoms. The first-order valence-electron chi connectivity index (χ1n) is 8.26. The van der Waals surface area contributed by atoms with E-state index in [2.05, 4.69) is 0 Å². The largest absolute Gasteiger partial charge is 0.396 e. The average molecular weight is 270 g/mol. The third-order valence-corrected chi connectivity index (χ3v) is 4.69. The predicted octanol–water partition coefficient (Wildman–Crippen LogP) is 3.64. The van der Waals surface area contributed by atoms with Crippen LogP contribution in [0.3, 0.4) is 0 Å². The summed E-state index contributed by atoms with van der Waals surface area (Å²) in [5.41, 5.74) is 0. The Kier molecular flexibility index (Phi) is 6.62. The van der Waals surface area contributed by atoms with Crippen LogP contribution in [-0.2, 0) is 9.47 Å². The maximum absolute atomic E-state index is 9.11. The first-order chi connectivity index (χ1) is 9.37. The van der Waals surface area contributed by atoms with Gasteiger partial charge in [0.1, 0.15) is 0 Å². The van der Waals surface area contributed by atoms with Gasteiger partial charge in [-0.2, -0.15) is 0 Å². The van der Waals surface area contributed by atoms with Crippen LogP contribution in [0.15, 0.2) is 0 Å². The van der Waals surface area contributed by atoms with Crippen molar-refractivity contribution in [2.45, 2.75) is 76.4 Å². The molecule has 3 nitrogen and oxygen atoms in total. The number of hydrogen-bond donors (Lipinski definition) is 1. The highest BCUT2D eigenvalue weighted by molar-refractivity contribution is 4.83. The highest BCUT2D eigenvalue weighted by Gasteiger charge is 2.42. The minimum atomic E-state index is -0.373. The fraction of sp³-hybridized carbons (Fsp3) is 1.00. The smallest absolute Gasteiger partial charge is 0.171 e. The lowest BCUT2D eigenvalue weighted by Crippen LogP contribution is -2.39. The quantitative estimate of drug-likeness (QED) is 0.847. The predicted molar refractivity (Wildman–Crippen MR) is 76.0 cm³/mol. The molecular weight excluding hydrogens is 240 g/mol. The van der Waals surface area contributed by atoms with E-state index in [1.807, 2.05) is 0 Å². The first-order valence-corrected chi connectivity index (χ1v) is 8.26. The number of aliphatic hydroxyl groups excluding tert-OH is 1. The van der Waals surface area contributed by atoms with Gasteiger partial charge in [-0.15, -0.1) is 0 Å². The van der Waals surface area contributed by atoms with Crippen molar-refractivity contribution in [1.29, 1.82) is 0 Å². The van der Waals surface area contributed by atoms with Crippen LogP contribution >= 0.6 is 0 Å². The lowest BCUT2D eigenvalue weighted by Gasteiger charge is -2.36. The fourth-order valence-corrected chi connectivity index (χ4v) is 3.63. The average Bonchev–Trinajstić information content (AvgIpc) is 2.92. The van der Waals surface area contributed by atoms with Crippen molar-refractivity contribution >= 4 is 0 Å². The van der Waals surface area contributed by atoms with E-state index in [0.29, 0.717) is 5.92 Å². The van der Waals surface area contributed by atoms with Crippen LogP contribution in [0, 0.1) is 5.92 Å². The van der Waals surface area contributed by atoms with Crippen molar-refractivity contribution in [3.8, 4) is 0 Å².